The Labute approximate surface area is 173 Å². The van der Waals surface area contributed by atoms with E-state index in [-0.39, 0.29) is 35.4 Å². The molecule has 1 aliphatic heterocycles. The normalized spacial score (nSPS) is 16.4. The zero-order valence-corrected chi connectivity index (χ0v) is 18.5. The minimum Gasteiger partial charge on any atom is -0.383 e. The molecule has 0 saturated carbocycles. The van der Waals surface area contributed by atoms with Gasteiger partial charge in [-0.2, -0.15) is 0 Å². The molecule has 3 N–H and O–H groups in total. The Morgan fingerprint density at radius 1 is 1.31 bits per heavy atom. The summed E-state index contributed by atoms with van der Waals surface area (Å²) in [6, 6.07) is 6.69. The number of piperidine rings is 1. The van der Waals surface area contributed by atoms with Gasteiger partial charge in [0.05, 0.1) is 18.0 Å². The van der Waals surface area contributed by atoms with Crippen molar-refractivity contribution in [3.8, 4) is 0 Å². The Kier molecular flexibility index (Phi) is 9.83. The lowest BCUT2D eigenvalue weighted by Gasteiger charge is -2.31. The van der Waals surface area contributed by atoms with Crippen LogP contribution >= 0.6 is 24.0 Å². The second-order valence-corrected chi connectivity index (χ2v) is 8.15. The number of methoxy groups -OCH3 is 1. The summed E-state index contributed by atoms with van der Waals surface area (Å²) in [6.45, 7) is 5.16. The van der Waals surface area contributed by atoms with Crippen LogP contribution in [0.5, 0.6) is 0 Å². The van der Waals surface area contributed by atoms with Crippen molar-refractivity contribution in [1.82, 2.24) is 9.62 Å². The molecular formula is C17H29IN4O3S. The quantitative estimate of drug-likeness (QED) is 0.260. The van der Waals surface area contributed by atoms with E-state index < -0.39 is 10.0 Å². The van der Waals surface area contributed by atoms with Gasteiger partial charge in [0.25, 0.3) is 0 Å². The molecule has 26 heavy (non-hydrogen) atoms. The third-order valence-electron chi connectivity index (χ3n) is 4.36. The SMILES string of the molecule is COCCNS(=O)(=O)c1ccc(CN=C(N)N2CCC(C)CC2)cc1.I. The van der Waals surface area contributed by atoms with E-state index in [4.69, 9.17) is 10.5 Å². The van der Waals surface area contributed by atoms with Crippen molar-refractivity contribution in [2.75, 3.05) is 33.4 Å². The fourth-order valence-corrected chi connectivity index (χ4v) is 3.66. The van der Waals surface area contributed by atoms with Crippen molar-refractivity contribution in [3.63, 3.8) is 0 Å². The summed E-state index contributed by atoms with van der Waals surface area (Å²) in [4.78, 5) is 6.77. The molecule has 1 aromatic rings. The maximum Gasteiger partial charge on any atom is 0.240 e. The van der Waals surface area contributed by atoms with Gasteiger partial charge in [0.1, 0.15) is 0 Å². The van der Waals surface area contributed by atoms with Crippen LogP contribution in [-0.4, -0.2) is 52.6 Å². The number of aliphatic imine (C=N–C) groups is 1. The second kappa shape index (κ2) is 11.1. The fraction of sp³-hybridized carbons (Fsp3) is 0.588. The Morgan fingerprint density at radius 3 is 2.50 bits per heavy atom. The van der Waals surface area contributed by atoms with Crippen LogP contribution in [0.25, 0.3) is 0 Å². The summed E-state index contributed by atoms with van der Waals surface area (Å²) in [7, 11) is -1.97. The molecule has 1 fully saturated rings. The number of nitrogens with two attached hydrogens (primary N) is 1. The average Bonchev–Trinajstić information content (AvgIpc) is 2.61. The number of hydrogen-bond acceptors (Lipinski definition) is 4. The Hall–Kier alpha value is -0.910. The van der Waals surface area contributed by atoms with Crippen molar-refractivity contribution in [3.05, 3.63) is 29.8 Å². The lowest BCUT2D eigenvalue weighted by atomic mass is 10.00. The molecule has 1 saturated heterocycles. The van der Waals surface area contributed by atoms with E-state index in [0.29, 0.717) is 19.1 Å². The molecule has 9 heteroatoms. The molecule has 0 spiro atoms. The molecule has 148 valence electrons. The van der Waals surface area contributed by atoms with E-state index in [2.05, 4.69) is 21.5 Å². The molecule has 0 aromatic heterocycles. The van der Waals surface area contributed by atoms with Crippen LogP contribution in [0.2, 0.25) is 0 Å². The maximum absolute atomic E-state index is 12.1. The van der Waals surface area contributed by atoms with Crippen LogP contribution < -0.4 is 10.5 Å². The van der Waals surface area contributed by atoms with Crippen LogP contribution in [0.15, 0.2) is 34.2 Å². The second-order valence-electron chi connectivity index (χ2n) is 6.38. The largest absolute Gasteiger partial charge is 0.383 e. The molecule has 1 aromatic carbocycles. The van der Waals surface area contributed by atoms with Gasteiger partial charge in [-0.3, -0.25) is 0 Å². The topological polar surface area (TPSA) is 97.0 Å². The van der Waals surface area contributed by atoms with Crippen LogP contribution in [0.1, 0.15) is 25.3 Å². The average molecular weight is 496 g/mol. The monoisotopic (exact) mass is 496 g/mol. The molecule has 0 amide bonds. The van der Waals surface area contributed by atoms with Gasteiger partial charge in [-0.1, -0.05) is 19.1 Å². The predicted molar refractivity (Wildman–Crippen MR) is 114 cm³/mol. The Bertz CT molecular complexity index is 672. The van der Waals surface area contributed by atoms with E-state index in [1.165, 1.54) is 7.11 Å². The van der Waals surface area contributed by atoms with E-state index in [1.54, 1.807) is 24.3 Å². The van der Waals surface area contributed by atoms with E-state index in [0.717, 1.165) is 37.4 Å². The van der Waals surface area contributed by atoms with Gasteiger partial charge >= 0.3 is 0 Å². The van der Waals surface area contributed by atoms with Gasteiger partial charge in [-0.05, 0) is 36.5 Å². The first kappa shape index (κ1) is 23.1. The number of rotatable bonds is 7. The number of ether oxygens (including phenoxy) is 1. The van der Waals surface area contributed by atoms with Crippen LogP contribution in [0.4, 0.5) is 0 Å². The summed E-state index contributed by atoms with van der Waals surface area (Å²) in [5, 5.41) is 0. The summed E-state index contributed by atoms with van der Waals surface area (Å²) in [5.41, 5.74) is 6.99. The zero-order valence-electron chi connectivity index (χ0n) is 15.3. The van der Waals surface area contributed by atoms with Crippen molar-refractivity contribution in [2.45, 2.75) is 31.2 Å². The van der Waals surface area contributed by atoms with Crippen molar-refractivity contribution in [1.29, 1.82) is 0 Å². The number of nitrogens with zero attached hydrogens (tertiary/aromatic N) is 2. The summed E-state index contributed by atoms with van der Waals surface area (Å²) in [6.07, 6.45) is 2.28. The lowest BCUT2D eigenvalue weighted by molar-refractivity contribution is 0.204. The number of nitrogens with one attached hydrogen (secondary N) is 1. The summed E-state index contributed by atoms with van der Waals surface area (Å²) >= 11 is 0. The molecule has 7 nitrogen and oxygen atoms in total. The lowest BCUT2D eigenvalue weighted by Crippen LogP contribution is -2.42. The molecule has 0 aliphatic carbocycles. The molecule has 0 bridgehead atoms. The highest BCUT2D eigenvalue weighted by Crippen LogP contribution is 2.16. The molecule has 0 unspecified atom stereocenters. The third kappa shape index (κ3) is 7.01. The van der Waals surface area contributed by atoms with Gasteiger partial charge in [0.2, 0.25) is 10.0 Å². The maximum atomic E-state index is 12.1. The summed E-state index contributed by atoms with van der Waals surface area (Å²) in [5.74, 6) is 1.31. The minimum absolute atomic E-state index is 0. The van der Waals surface area contributed by atoms with Crippen molar-refractivity contribution >= 4 is 40.0 Å². The van der Waals surface area contributed by atoms with Gasteiger partial charge < -0.3 is 15.4 Å². The van der Waals surface area contributed by atoms with Gasteiger partial charge in [0.15, 0.2) is 5.96 Å². The van der Waals surface area contributed by atoms with Crippen LogP contribution in [-0.2, 0) is 21.3 Å². The first-order valence-corrected chi connectivity index (χ1v) is 10.0. The van der Waals surface area contributed by atoms with E-state index in [9.17, 15) is 8.42 Å². The van der Waals surface area contributed by atoms with Crippen molar-refractivity contribution < 1.29 is 13.2 Å². The zero-order chi connectivity index (χ0) is 18.3. The van der Waals surface area contributed by atoms with Gasteiger partial charge in [0, 0.05) is 26.7 Å². The summed E-state index contributed by atoms with van der Waals surface area (Å²) < 4.78 is 31.5. The van der Waals surface area contributed by atoms with Crippen LogP contribution in [0.3, 0.4) is 0 Å². The molecular weight excluding hydrogens is 467 g/mol. The van der Waals surface area contributed by atoms with Crippen molar-refractivity contribution in [2.24, 2.45) is 16.6 Å². The minimum atomic E-state index is -3.50. The number of halogens is 1. The van der Waals surface area contributed by atoms with E-state index in [1.807, 2.05) is 0 Å². The third-order valence-corrected chi connectivity index (χ3v) is 5.84. The predicted octanol–water partition coefficient (Wildman–Crippen LogP) is 1.78. The highest BCUT2D eigenvalue weighted by atomic mass is 127. The smallest absolute Gasteiger partial charge is 0.240 e. The Morgan fingerprint density at radius 2 is 1.92 bits per heavy atom. The highest BCUT2D eigenvalue weighted by molar-refractivity contribution is 14.0. The highest BCUT2D eigenvalue weighted by Gasteiger charge is 2.17. The Balaban J connectivity index is 0.00000338. The number of guanidine groups is 1. The molecule has 0 atom stereocenters. The molecule has 2 rings (SSSR count). The number of sulfonamides is 1. The van der Waals surface area contributed by atoms with Gasteiger partial charge in [-0.15, -0.1) is 24.0 Å². The van der Waals surface area contributed by atoms with Gasteiger partial charge in [-0.25, -0.2) is 18.1 Å². The number of hydrogen-bond donors (Lipinski definition) is 2. The van der Waals surface area contributed by atoms with Crippen LogP contribution in [0, 0.1) is 5.92 Å². The number of likely N-dealkylation sites (tertiary alicyclic amines) is 1. The molecule has 1 aliphatic rings. The first-order valence-electron chi connectivity index (χ1n) is 8.55. The molecule has 0 radical (unpaired) electrons. The van der Waals surface area contributed by atoms with E-state index >= 15 is 0 Å². The standard InChI is InChI=1S/C17H28N4O3S.HI/c1-14-7-10-21(11-8-14)17(18)19-13-15-3-5-16(6-4-15)25(22,23)20-9-12-24-2;/h3-6,14,20H,7-13H2,1-2H3,(H2,18,19);1H. The number of benzene rings is 1. The molecule has 1 heterocycles. The first-order chi connectivity index (χ1) is 11.9. The fourth-order valence-electron chi connectivity index (χ4n) is 2.65.